The first-order valence-electron chi connectivity index (χ1n) is 8.37. The minimum absolute atomic E-state index is 0.0545. The number of carbonyl (C=O) groups excluding carboxylic acids is 2. The molecule has 4 aliphatic carbocycles. The van der Waals surface area contributed by atoms with Gasteiger partial charge in [-0.05, 0) is 49.4 Å². The molecule has 0 radical (unpaired) electrons. The predicted molar refractivity (Wildman–Crippen MR) is 74.2 cm³/mol. The van der Waals surface area contributed by atoms with Crippen LogP contribution in [0.3, 0.4) is 0 Å². The Morgan fingerprint density at radius 2 is 0.900 bits per heavy atom. The molecule has 4 unspecified atom stereocenters. The average molecular weight is 276 g/mol. The van der Waals surface area contributed by atoms with E-state index in [9.17, 15) is 9.59 Å². The molecule has 0 heterocycles. The highest BCUT2D eigenvalue weighted by Crippen LogP contribution is 2.56. The number of hydrogen-bond donors (Lipinski definition) is 2. The summed E-state index contributed by atoms with van der Waals surface area (Å²) in [5.74, 6) is 2.87. The van der Waals surface area contributed by atoms with Gasteiger partial charge in [-0.25, -0.2) is 0 Å². The molecule has 4 rings (SSSR count). The second-order valence-electron chi connectivity index (χ2n) is 7.25. The summed E-state index contributed by atoms with van der Waals surface area (Å²) in [5, 5.41) is 0. The number of hydrazine groups is 1. The van der Waals surface area contributed by atoms with Crippen LogP contribution in [0.4, 0.5) is 0 Å². The van der Waals surface area contributed by atoms with E-state index in [0.717, 1.165) is 0 Å². The van der Waals surface area contributed by atoms with E-state index in [-0.39, 0.29) is 23.7 Å². The van der Waals surface area contributed by atoms with Gasteiger partial charge in [0.15, 0.2) is 0 Å². The zero-order valence-electron chi connectivity index (χ0n) is 11.9. The molecule has 0 aromatic heterocycles. The fourth-order valence-electron chi connectivity index (χ4n) is 5.05. The van der Waals surface area contributed by atoms with Crippen LogP contribution in [0.5, 0.6) is 0 Å². The van der Waals surface area contributed by atoms with Crippen molar-refractivity contribution in [3.63, 3.8) is 0 Å². The fourth-order valence-corrected chi connectivity index (χ4v) is 5.05. The quantitative estimate of drug-likeness (QED) is 0.758. The third-order valence-electron chi connectivity index (χ3n) is 6.23. The molecule has 2 N–H and O–H groups in total. The summed E-state index contributed by atoms with van der Waals surface area (Å²) in [4.78, 5) is 24.2. The number of fused-ring (bicyclic) bond motifs is 2. The molecule has 0 aromatic rings. The van der Waals surface area contributed by atoms with Crippen LogP contribution in [-0.4, -0.2) is 11.8 Å². The molecule has 4 heteroatoms. The minimum Gasteiger partial charge on any atom is -0.273 e. The van der Waals surface area contributed by atoms with Crippen LogP contribution in [0.25, 0.3) is 0 Å². The first kappa shape index (κ1) is 12.7. The van der Waals surface area contributed by atoms with Gasteiger partial charge >= 0.3 is 0 Å². The van der Waals surface area contributed by atoms with Gasteiger partial charge in [0.25, 0.3) is 0 Å². The Balaban J connectivity index is 1.24. The molecule has 0 aliphatic heterocycles. The van der Waals surface area contributed by atoms with Crippen molar-refractivity contribution >= 4 is 11.8 Å². The maximum Gasteiger partial charge on any atom is 0.242 e. The maximum atomic E-state index is 12.1. The van der Waals surface area contributed by atoms with Crippen molar-refractivity contribution in [1.82, 2.24) is 10.9 Å². The van der Waals surface area contributed by atoms with Crippen LogP contribution in [-0.2, 0) is 9.59 Å². The lowest BCUT2D eigenvalue weighted by Gasteiger charge is -2.06. The summed E-state index contributed by atoms with van der Waals surface area (Å²) in [5.41, 5.74) is 5.39. The fraction of sp³-hybridized carbons (Fsp3) is 0.875. The average Bonchev–Trinajstić information content (AvgIpc) is 3.36. The van der Waals surface area contributed by atoms with Gasteiger partial charge < -0.3 is 0 Å². The van der Waals surface area contributed by atoms with E-state index in [1.54, 1.807) is 0 Å². The van der Waals surface area contributed by atoms with Gasteiger partial charge in [-0.3, -0.25) is 20.4 Å². The summed E-state index contributed by atoms with van der Waals surface area (Å²) in [6.45, 7) is 0. The van der Waals surface area contributed by atoms with Crippen LogP contribution in [0, 0.1) is 35.5 Å². The lowest BCUT2D eigenvalue weighted by molar-refractivity contribution is -0.130. The molecule has 0 bridgehead atoms. The first-order chi connectivity index (χ1) is 9.77. The Morgan fingerprint density at radius 1 is 0.600 bits per heavy atom. The molecular formula is C16H24N2O2. The van der Waals surface area contributed by atoms with E-state index in [0.29, 0.717) is 23.7 Å². The van der Waals surface area contributed by atoms with E-state index in [1.807, 2.05) is 0 Å². The highest BCUT2D eigenvalue weighted by Gasteiger charge is 2.56. The third kappa shape index (κ3) is 2.04. The molecule has 4 aliphatic rings. The number of hydrogen-bond acceptors (Lipinski definition) is 2. The molecule has 4 fully saturated rings. The van der Waals surface area contributed by atoms with Crippen LogP contribution >= 0.6 is 0 Å². The van der Waals surface area contributed by atoms with E-state index in [4.69, 9.17) is 0 Å². The lowest BCUT2D eigenvalue weighted by atomic mass is 10.0. The van der Waals surface area contributed by atoms with Crippen LogP contribution < -0.4 is 10.9 Å². The van der Waals surface area contributed by atoms with Crippen molar-refractivity contribution in [2.75, 3.05) is 0 Å². The molecule has 4 atom stereocenters. The second kappa shape index (κ2) is 4.74. The van der Waals surface area contributed by atoms with Gasteiger partial charge in [-0.15, -0.1) is 0 Å². The van der Waals surface area contributed by atoms with Crippen molar-refractivity contribution in [2.24, 2.45) is 35.5 Å². The van der Waals surface area contributed by atoms with Crippen LogP contribution in [0.2, 0.25) is 0 Å². The first-order valence-corrected chi connectivity index (χ1v) is 8.37. The van der Waals surface area contributed by atoms with Gasteiger partial charge in [0, 0.05) is 11.8 Å². The Morgan fingerprint density at radius 3 is 1.20 bits per heavy atom. The topological polar surface area (TPSA) is 58.2 Å². The molecular weight excluding hydrogens is 252 g/mol. The molecule has 0 spiro atoms. The monoisotopic (exact) mass is 276 g/mol. The van der Waals surface area contributed by atoms with E-state index in [1.165, 1.54) is 51.4 Å². The normalized spacial score (nSPS) is 44.8. The smallest absolute Gasteiger partial charge is 0.242 e. The van der Waals surface area contributed by atoms with Crippen molar-refractivity contribution in [2.45, 2.75) is 51.4 Å². The summed E-state index contributed by atoms with van der Waals surface area (Å²) >= 11 is 0. The largest absolute Gasteiger partial charge is 0.273 e. The summed E-state index contributed by atoms with van der Waals surface area (Å²) in [6.07, 6.45) is 9.86. The Labute approximate surface area is 120 Å². The number of amides is 2. The van der Waals surface area contributed by atoms with Crippen molar-refractivity contribution < 1.29 is 9.59 Å². The number of carbonyl (C=O) groups is 2. The molecule has 4 saturated carbocycles. The minimum atomic E-state index is 0.0545. The molecule has 0 aromatic carbocycles. The van der Waals surface area contributed by atoms with Gasteiger partial charge in [0.2, 0.25) is 11.8 Å². The standard InChI is InChI=1S/C16H24N2O2/c19-15(13-9-5-1-2-6-10(9)13)17-18-16(20)14-11-7-3-4-8-12(11)14/h9-14H,1-8H2,(H,17,19)(H,18,20). The van der Waals surface area contributed by atoms with Gasteiger partial charge in [-0.1, -0.05) is 25.7 Å². The molecule has 2 amide bonds. The summed E-state index contributed by atoms with van der Waals surface area (Å²) in [6, 6.07) is 0. The van der Waals surface area contributed by atoms with Gasteiger partial charge in [-0.2, -0.15) is 0 Å². The maximum absolute atomic E-state index is 12.1. The van der Waals surface area contributed by atoms with Crippen molar-refractivity contribution in [3.8, 4) is 0 Å². The predicted octanol–water partition coefficient (Wildman–Crippen LogP) is 2.01. The van der Waals surface area contributed by atoms with Crippen LogP contribution in [0.1, 0.15) is 51.4 Å². The highest BCUT2D eigenvalue weighted by molar-refractivity contribution is 5.87. The van der Waals surface area contributed by atoms with E-state index < -0.39 is 0 Å². The number of rotatable bonds is 2. The molecule has 4 nitrogen and oxygen atoms in total. The lowest BCUT2D eigenvalue weighted by Crippen LogP contribution is -2.44. The van der Waals surface area contributed by atoms with E-state index >= 15 is 0 Å². The third-order valence-corrected chi connectivity index (χ3v) is 6.23. The second-order valence-corrected chi connectivity index (χ2v) is 7.25. The van der Waals surface area contributed by atoms with Gasteiger partial charge in [0.1, 0.15) is 0 Å². The summed E-state index contributed by atoms with van der Waals surface area (Å²) < 4.78 is 0. The van der Waals surface area contributed by atoms with Crippen LogP contribution in [0.15, 0.2) is 0 Å². The van der Waals surface area contributed by atoms with Gasteiger partial charge in [0.05, 0.1) is 0 Å². The SMILES string of the molecule is O=C(NNC(=O)C1C2CCCCC21)C1C2CCCCC21. The zero-order chi connectivity index (χ0) is 13.7. The van der Waals surface area contributed by atoms with Crippen molar-refractivity contribution in [1.29, 1.82) is 0 Å². The molecule has 110 valence electrons. The van der Waals surface area contributed by atoms with E-state index in [2.05, 4.69) is 10.9 Å². The molecule has 20 heavy (non-hydrogen) atoms. The summed E-state index contributed by atoms with van der Waals surface area (Å²) in [7, 11) is 0. The van der Waals surface area contributed by atoms with Crippen molar-refractivity contribution in [3.05, 3.63) is 0 Å². The Hall–Kier alpha value is -1.06. The zero-order valence-corrected chi connectivity index (χ0v) is 11.9. The number of nitrogens with one attached hydrogen (secondary N) is 2. The molecule has 0 saturated heterocycles. The Bertz CT molecular complexity index is 372. The Kier molecular flexibility index (Phi) is 3.00. The highest BCUT2D eigenvalue weighted by atomic mass is 16.2.